The van der Waals surface area contributed by atoms with Gasteiger partial charge in [0, 0.05) is 18.7 Å². The van der Waals surface area contributed by atoms with Crippen LogP contribution in [0.3, 0.4) is 0 Å². The Kier molecular flexibility index (Phi) is 4.85. The summed E-state index contributed by atoms with van der Waals surface area (Å²) in [5.74, 6) is 1.08. The summed E-state index contributed by atoms with van der Waals surface area (Å²) in [6.07, 6.45) is 1.65. The second-order valence-electron chi connectivity index (χ2n) is 6.17. The molecule has 6 nitrogen and oxygen atoms in total. The summed E-state index contributed by atoms with van der Waals surface area (Å²) in [5.41, 5.74) is 1.73. The van der Waals surface area contributed by atoms with Crippen molar-refractivity contribution in [2.75, 3.05) is 20.2 Å². The van der Waals surface area contributed by atoms with Crippen molar-refractivity contribution in [3.05, 3.63) is 35.7 Å². The summed E-state index contributed by atoms with van der Waals surface area (Å²) in [4.78, 5) is 17.9. The van der Waals surface area contributed by atoms with Gasteiger partial charge in [-0.05, 0) is 44.5 Å². The number of benzene rings is 1. The molecular formula is C18H22N2O4. The van der Waals surface area contributed by atoms with E-state index in [1.165, 1.54) is 0 Å². The average Bonchev–Trinajstić information content (AvgIpc) is 2.96. The Labute approximate surface area is 141 Å². The second-order valence-corrected chi connectivity index (χ2v) is 6.17. The molecular weight excluding hydrogens is 308 g/mol. The summed E-state index contributed by atoms with van der Waals surface area (Å²) in [5, 5.41) is 9.21. The van der Waals surface area contributed by atoms with Gasteiger partial charge in [0.1, 0.15) is 11.5 Å². The first-order valence-electron chi connectivity index (χ1n) is 8.12. The summed E-state index contributed by atoms with van der Waals surface area (Å²) in [6, 6.07) is 7.59. The average molecular weight is 330 g/mol. The van der Waals surface area contributed by atoms with Gasteiger partial charge in [0.25, 0.3) is 0 Å². The predicted molar refractivity (Wildman–Crippen MR) is 88.9 cm³/mol. The lowest BCUT2D eigenvalue weighted by Crippen LogP contribution is -2.38. The maximum Gasteiger partial charge on any atom is 0.307 e. The zero-order chi connectivity index (χ0) is 17.1. The topological polar surface area (TPSA) is 75.8 Å². The predicted octanol–water partition coefficient (Wildman–Crippen LogP) is 2.96. The highest BCUT2D eigenvalue weighted by Gasteiger charge is 2.26. The first-order valence-corrected chi connectivity index (χ1v) is 8.12. The molecule has 0 spiro atoms. The van der Waals surface area contributed by atoms with E-state index in [2.05, 4.69) is 9.88 Å². The number of likely N-dealkylation sites (tertiary alicyclic amines) is 1. The third-order valence-corrected chi connectivity index (χ3v) is 4.44. The molecule has 1 aromatic carbocycles. The Hall–Kier alpha value is -2.34. The zero-order valence-electron chi connectivity index (χ0n) is 14.0. The van der Waals surface area contributed by atoms with E-state index >= 15 is 0 Å². The molecule has 0 aliphatic carbocycles. The van der Waals surface area contributed by atoms with Crippen LogP contribution in [0, 0.1) is 12.8 Å². The number of carbonyl (C=O) groups is 1. The molecule has 2 aromatic rings. The number of hydrogen-bond acceptors (Lipinski definition) is 5. The van der Waals surface area contributed by atoms with Gasteiger partial charge in [-0.25, -0.2) is 4.98 Å². The van der Waals surface area contributed by atoms with E-state index in [1.54, 1.807) is 7.11 Å². The number of carboxylic acids is 1. The number of nitrogens with zero attached hydrogens (tertiary/aromatic N) is 2. The smallest absolute Gasteiger partial charge is 0.307 e. The van der Waals surface area contributed by atoms with Crippen molar-refractivity contribution in [3.8, 4) is 17.2 Å². The largest absolute Gasteiger partial charge is 0.497 e. The van der Waals surface area contributed by atoms with Crippen LogP contribution in [0.15, 0.2) is 28.7 Å². The summed E-state index contributed by atoms with van der Waals surface area (Å²) in [7, 11) is 1.63. The number of rotatable bonds is 5. The zero-order valence-corrected chi connectivity index (χ0v) is 14.0. The maximum absolute atomic E-state index is 11.2. The Balaban J connectivity index is 1.75. The van der Waals surface area contributed by atoms with E-state index < -0.39 is 5.97 Å². The molecule has 1 atom stereocenters. The van der Waals surface area contributed by atoms with E-state index in [0.717, 1.165) is 42.2 Å². The van der Waals surface area contributed by atoms with Crippen molar-refractivity contribution in [1.29, 1.82) is 0 Å². The number of aromatic nitrogens is 1. The molecule has 128 valence electrons. The molecule has 0 amide bonds. The molecule has 1 fully saturated rings. The first kappa shape index (κ1) is 16.5. The van der Waals surface area contributed by atoms with Crippen LogP contribution in [0.25, 0.3) is 11.5 Å². The molecule has 0 radical (unpaired) electrons. The van der Waals surface area contributed by atoms with Crippen LogP contribution in [0.1, 0.15) is 24.3 Å². The van der Waals surface area contributed by atoms with Crippen LogP contribution in [0.5, 0.6) is 5.75 Å². The van der Waals surface area contributed by atoms with E-state index in [9.17, 15) is 9.90 Å². The van der Waals surface area contributed by atoms with Crippen LogP contribution >= 0.6 is 0 Å². The molecule has 24 heavy (non-hydrogen) atoms. The summed E-state index contributed by atoms with van der Waals surface area (Å²) >= 11 is 0. The van der Waals surface area contributed by atoms with Gasteiger partial charge >= 0.3 is 5.97 Å². The molecule has 1 unspecified atom stereocenters. The number of hydrogen-bond donors (Lipinski definition) is 1. The van der Waals surface area contributed by atoms with Crippen molar-refractivity contribution >= 4 is 5.97 Å². The van der Waals surface area contributed by atoms with Crippen LogP contribution in [-0.2, 0) is 11.3 Å². The standard InChI is InChI=1S/C18H22N2O4/c1-12-16(11-20-8-4-6-14(10-20)18(21)22)19-17(24-12)13-5-3-7-15(9-13)23-2/h3,5,7,9,14H,4,6,8,10-11H2,1-2H3,(H,21,22). The molecule has 1 aliphatic rings. The van der Waals surface area contributed by atoms with Gasteiger partial charge in [-0.15, -0.1) is 0 Å². The number of carboxylic acid groups (broad SMARTS) is 1. The molecule has 0 bridgehead atoms. The van der Waals surface area contributed by atoms with Crippen molar-refractivity contribution in [2.45, 2.75) is 26.3 Å². The van der Waals surface area contributed by atoms with E-state index in [-0.39, 0.29) is 5.92 Å². The summed E-state index contributed by atoms with van der Waals surface area (Å²) in [6.45, 7) is 3.97. The van der Waals surface area contributed by atoms with E-state index in [4.69, 9.17) is 9.15 Å². The second kappa shape index (κ2) is 7.05. The highest BCUT2D eigenvalue weighted by molar-refractivity contribution is 5.70. The maximum atomic E-state index is 11.2. The van der Waals surface area contributed by atoms with Gasteiger partial charge in [-0.1, -0.05) is 6.07 Å². The monoisotopic (exact) mass is 330 g/mol. The third-order valence-electron chi connectivity index (χ3n) is 4.44. The molecule has 1 aliphatic heterocycles. The van der Waals surface area contributed by atoms with Gasteiger partial charge in [0.2, 0.25) is 5.89 Å². The summed E-state index contributed by atoms with van der Waals surface area (Å²) < 4.78 is 11.0. The fraction of sp³-hybridized carbons (Fsp3) is 0.444. The Bertz CT molecular complexity index is 726. The fourth-order valence-corrected chi connectivity index (χ4v) is 3.07. The highest BCUT2D eigenvalue weighted by atomic mass is 16.5. The number of ether oxygens (including phenoxy) is 1. The van der Waals surface area contributed by atoms with Crippen molar-refractivity contribution in [1.82, 2.24) is 9.88 Å². The van der Waals surface area contributed by atoms with Crippen molar-refractivity contribution in [3.63, 3.8) is 0 Å². The fourth-order valence-electron chi connectivity index (χ4n) is 3.07. The number of oxazole rings is 1. The SMILES string of the molecule is COc1cccc(-c2nc(CN3CCCC(C(=O)O)C3)c(C)o2)c1. The van der Waals surface area contributed by atoms with Crippen molar-refractivity contribution in [2.24, 2.45) is 5.92 Å². The van der Waals surface area contributed by atoms with E-state index in [0.29, 0.717) is 19.0 Å². The lowest BCUT2D eigenvalue weighted by Gasteiger charge is -2.29. The highest BCUT2D eigenvalue weighted by Crippen LogP contribution is 2.26. The van der Waals surface area contributed by atoms with Crippen LogP contribution in [-0.4, -0.2) is 41.2 Å². The lowest BCUT2D eigenvalue weighted by molar-refractivity contribution is -0.143. The third kappa shape index (κ3) is 3.59. The van der Waals surface area contributed by atoms with Gasteiger partial charge in [0.15, 0.2) is 0 Å². The lowest BCUT2D eigenvalue weighted by atomic mass is 9.98. The quantitative estimate of drug-likeness (QED) is 0.908. The molecule has 0 saturated carbocycles. The minimum absolute atomic E-state index is 0.288. The molecule has 1 N–H and O–H groups in total. The Morgan fingerprint density at radius 3 is 3.08 bits per heavy atom. The number of methoxy groups -OCH3 is 1. The molecule has 6 heteroatoms. The first-order chi connectivity index (χ1) is 11.6. The molecule has 3 rings (SSSR count). The van der Waals surface area contributed by atoms with Gasteiger partial charge in [0.05, 0.1) is 18.7 Å². The number of aryl methyl sites for hydroxylation is 1. The number of piperidine rings is 1. The van der Waals surface area contributed by atoms with Gasteiger partial charge in [-0.2, -0.15) is 0 Å². The van der Waals surface area contributed by atoms with Crippen LogP contribution in [0.4, 0.5) is 0 Å². The molecule has 2 heterocycles. The van der Waals surface area contributed by atoms with Gasteiger partial charge < -0.3 is 14.3 Å². The number of aliphatic carboxylic acids is 1. The molecule has 1 aromatic heterocycles. The minimum Gasteiger partial charge on any atom is -0.497 e. The Morgan fingerprint density at radius 2 is 2.33 bits per heavy atom. The van der Waals surface area contributed by atoms with Gasteiger partial charge in [-0.3, -0.25) is 9.69 Å². The Morgan fingerprint density at radius 1 is 1.50 bits per heavy atom. The van der Waals surface area contributed by atoms with E-state index in [1.807, 2.05) is 31.2 Å². The van der Waals surface area contributed by atoms with Crippen LogP contribution < -0.4 is 4.74 Å². The van der Waals surface area contributed by atoms with Crippen LogP contribution in [0.2, 0.25) is 0 Å². The normalized spacial score (nSPS) is 18.5. The van der Waals surface area contributed by atoms with Crippen molar-refractivity contribution < 1.29 is 19.1 Å². The molecule has 1 saturated heterocycles. The minimum atomic E-state index is -0.714.